The van der Waals surface area contributed by atoms with Crippen LogP contribution in [0, 0.1) is 0 Å². The fourth-order valence-corrected chi connectivity index (χ4v) is 6.00. The van der Waals surface area contributed by atoms with Gasteiger partial charge in [-0.05, 0) is 59.7 Å². The minimum Gasteiger partial charge on any atom is -0.435 e. The van der Waals surface area contributed by atoms with E-state index in [2.05, 4.69) is 19.7 Å². The average molecular weight is 654 g/mol. The van der Waals surface area contributed by atoms with Crippen LogP contribution in [0.1, 0.15) is 34.5 Å². The van der Waals surface area contributed by atoms with Gasteiger partial charge < -0.3 is 24.8 Å². The van der Waals surface area contributed by atoms with Crippen molar-refractivity contribution >= 4 is 21.4 Å². The highest BCUT2D eigenvalue weighted by molar-refractivity contribution is 7.91. The number of benzene rings is 3. The molecule has 3 aromatic carbocycles. The molecule has 2 atom stereocenters. The van der Waals surface area contributed by atoms with Crippen LogP contribution in [0.2, 0.25) is 0 Å². The highest BCUT2D eigenvalue weighted by atomic mass is 32.2. The third kappa shape index (κ3) is 9.39. The fraction of sp³-hybridized carbons (Fsp3) is 0.387. The van der Waals surface area contributed by atoms with Gasteiger partial charge in [0.05, 0.1) is 35.9 Å². The molecule has 0 aromatic heterocycles. The predicted molar refractivity (Wildman–Crippen MR) is 159 cm³/mol. The number of sulfone groups is 1. The summed E-state index contributed by atoms with van der Waals surface area (Å²) in [6, 6.07) is 17.6. The van der Waals surface area contributed by atoms with Gasteiger partial charge in [0, 0.05) is 37.4 Å². The van der Waals surface area contributed by atoms with Crippen LogP contribution in [0.3, 0.4) is 0 Å². The SMILES string of the molecule is CCS(=O)(=O)c1ccc([C@H](CO)NC(=O)c2ccc(N3CCN(Cc4ccc(OC(F)F)cc4)C[C@H]3COC(F)F)cc2)cc1. The Morgan fingerprint density at radius 1 is 0.956 bits per heavy atom. The number of hydrogen-bond acceptors (Lipinski definition) is 8. The Balaban J connectivity index is 1.40. The third-order valence-electron chi connectivity index (χ3n) is 7.51. The second-order valence-corrected chi connectivity index (χ2v) is 12.7. The van der Waals surface area contributed by atoms with E-state index in [-0.39, 0.29) is 23.0 Å². The molecule has 1 saturated heterocycles. The summed E-state index contributed by atoms with van der Waals surface area (Å²) in [7, 11) is -3.39. The maximum absolute atomic E-state index is 13.0. The maximum Gasteiger partial charge on any atom is 0.387 e. The number of nitrogens with zero attached hydrogens (tertiary/aromatic N) is 2. The van der Waals surface area contributed by atoms with E-state index in [4.69, 9.17) is 0 Å². The van der Waals surface area contributed by atoms with Crippen LogP contribution < -0.4 is 15.0 Å². The minimum atomic E-state index is -3.39. The molecule has 45 heavy (non-hydrogen) atoms. The van der Waals surface area contributed by atoms with Crippen LogP contribution in [0.5, 0.6) is 5.75 Å². The van der Waals surface area contributed by atoms with Crippen LogP contribution in [0.15, 0.2) is 77.7 Å². The van der Waals surface area contributed by atoms with Gasteiger partial charge in [0.25, 0.3) is 5.91 Å². The summed E-state index contributed by atoms with van der Waals surface area (Å²) in [6.45, 7) is -3.05. The van der Waals surface area contributed by atoms with Crippen LogP contribution in [0.4, 0.5) is 23.2 Å². The topological polar surface area (TPSA) is 108 Å². The number of aliphatic hydroxyl groups excluding tert-OH is 1. The molecule has 1 aliphatic heterocycles. The van der Waals surface area contributed by atoms with Crippen molar-refractivity contribution in [2.24, 2.45) is 0 Å². The van der Waals surface area contributed by atoms with Crippen molar-refractivity contribution in [2.45, 2.75) is 43.7 Å². The van der Waals surface area contributed by atoms with Crippen LogP contribution in [-0.2, 0) is 21.1 Å². The lowest BCUT2D eigenvalue weighted by Gasteiger charge is -2.42. The van der Waals surface area contributed by atoms with E-state index in [9.17, 15) is 35.9 Å². The molecule has 14 heteroatoms. The molecule has 9 nitrogen and oxygen atoms in total. The number of ether oxygens (including phenoxy) is 2. The van der Waals surface area contributed by atoms with Gasteiger partial charge in [-0.2, -0.15) is 17.6 Å². The molecule has 1 heterocycles. The number of carbonyl (C=O) groups excluding carboxylic acids is 1. The van der Waals surface area contributed by atoms with Gasteiger partial charge in [0.2, 0.25) is 0 Å². The number of hydrogen-bond donors (Lipinski definition) is 2. The normalized spacial score (nSPS) is 16.6. The number of carbonyl (C=O) groups is 1. The first-order valence-corrected chi connectivity index (χ1v) is 15.9. The zero-order valence-corrected chi connectivity index (χ0v) is 25.3. The summed E-state index contributed by atoms with van der Waals surface area (Å²) in [5.74, 6) is -0.460. The first kappa shape index (κ1) is 34.2. The summed E-state index contributed by atoms with van der Waals surface area (Å²) in [6.07, 6.45) is 0. The summed E-state index contributed by atoms with van der Waals surface area (Å²) in [5.41, 5.74) is 2.39. The molecule has 1 amide bonds. The van der Waals surface area contributed by atoms with Crippen LogP contribution in [0.25, 0.3) is 0 Å². The summed E-state index contributed by atoms with van der Waals surface area (Å²) < 4.78 is 84.0. The zero-order chi connectivity index (χ0) is 32.6. The number of aliphatic hydroxyl groups is 1. The Kier molecular flexibility index (Phi) is 11.8. The molecular weight excluding hydrogens is 618 g/mol. The van der Waals surface area contributed by atoms with E-state index >= 15 is 0 Å². The Morgan fingerprint density at radius 2 is 1.62 bits per heavy atom. The number of nitrogens with one attached hydrogen (secondary N) is 1. The number of halogens is 4. The molecule has 0 radical (unpaired) electrons. The molecule has 3 aromatic rings. The van der Waals surface area contributed by atoms with Gasteiger partial charge >= 0.3 is 13.2 Å². The third-order valence-corrected chi connectivity index (χ3v) is 9.26. The molecule has 0 unspecified atom stereocenters. The van der Waals surface area contributed by atoms with Gasteiger partial charge in [0.15, 0.2) is 9.84 Å². The monoisotopic (exact) mass is 653 g/mol. The Bertz CT molecular complexity index is 1490. The van der Waals surface area contributed by atoms with Crippen LogP contribution >= 0.6 is 0 Å². The van der Waals surface area contributed by atoms with Gasteiger partial charge in [-0.25, -0.2) is 8.42 Å². The largest absolute Gasteiger partial charge is 0.435 e. The van der Waals surface area contributed by atoms with Gasteiger partial charge in [-0.3, -0.25) is 9.69 Å². The Labute approximate surface area is 259 Å². The lowest BCUT2D eigenvalue weighted by atomic mass is 10.1. The number of amides is 1. The standard InChI is InChI=1S/C31H35F4N3O6S/c1-2-45(41,42)27-13-7-22(8-14-27)28(19-39)36-29(40)23-5-9-24(10-6-23)38-16-15-37(18-25(38)20-43-30(32)33)17-21-3-11-26(12-4-21)44-31(34)35/h3-14,25,28,30-31,39H,2,15-20H2,1H3,(H,36,40)/t25-,28-/m0/s1. The summed E-state index contributed by atoms with van der Waals surface area (Å²) >= 11 is 0. The molecule has 0 saturated carbocycles. The van der Waals surface area contributed by atoms with Crippen molar-refractivity contribution in [3.05, 3.63) is 89.5 Å². The highest BCUT2D eigenvalue weighted by Crippen LogP contribution is 2.25. The van der Waals surface area contributed by atoms with Gasteiger partial charge in [0.1, 0.15) is 5.75 Å². The van der Waals surface area contributed by atoms with Gasteiger partial charge in [-0.15, -0.1) is 0 Å². The van der Waals surface area contributed by atoms with Crippen molar-refractivity contribution in [3.8, 4) is 5.75 Å². The first-order chi connectivity index (χ1) is 21.5. The molecule has 244 valence electrons. The van der Waals surface area contributed by atoms with Crippen molar-refractivity contribution in [1.82, 2.24) is 10.2 Å². The second kappa shape index (κ2) is 15.5. The first-order valence-electron chi connectivity index (χ1n) is 14.3. The molecular formula is C31H35F4N3O6S. The molecule has 1 aliphatic rings. The molecule has 2 N–H and O–H groups in total. The van der Waals surface area contributed by atoms with E-state index in [1.54, 1.807) is 55.5 Å². The maximum atomic E-state index is 13.0. The average Bonchev–Trinajstić information content (AvgIpc) is 3.03. The molecule has 1 fully saturated rings. The van der Waals surface area contributed by atoms with Crippen molar-refractivity contribution in [3.63, 3.8) is 0 Å². The van der Waals surface area contributed by atoms with Crippen molar-refractivity contribution in [2.75, 3.05) is 43.5 Å². The van der Waals surface area contributed by atoms with E-state index in [1.807, 2.05) is 4.90 Å². The van der Waals surface area contributed by atoms with Crippen LogP contribution in [-0.4, -0.2) is 82.2 Å². The van der Waals surface area contributed by atoms with Crippen molar-refractivity contribution in [1.29, 1.82) is 0 Å². The lowest BCUT2D eigenvalue weighted by molar-refractivity contribution is -0.134. The Morgan fingerprint density at radius 3 is 2.20 bits per heavy atom. The summed E-state index contributed by atoms with van der Waals surface area (Å²) in [5, 5.41) is 12.6. The highest BCUT2D eigenvalue weighted by Gasteiger charge is 2.29. The molecule has 0 aliphatic carbocycles. The molecule has 4 rings (SSSR count). The van der Waals surface area contributed by atoms with Crippen molar-refractivity contribution < 1.29 is 45.4 Å². The predicted octanol–water partition coefficient (Wildman–Crippen LogP) is 4.48. The van der Waals surface area contributed by atoms with E-state index in [0.29, 0.717) is 43.0 Å². The number of alkyl halides is 4. The van der Waals surface area contributed by atoms with E-state index in [0.717, 1.165) is 5.56 Å². The zero-order valence-electron chi connectivity index (χ0n) is 24.5. The fourth-order valence-electron chi connectivity index (χ4n) is 5.12. The molecule has 0 bridgehead atoms. The number of piperazine rings is 1. The lowest BCUT2D eigenvalue weighted by Crippen LogP contribution is -2.55. The number of rotatable bonds is 14. The smallest absolute Gasteiger partial charge is 0.387 e. The summed E-state index contributed by atoms with van der Waals surface area (Å²) in [4.78, 5) is 17.1. The molecule has 0 spiro atoms. The Hall–Kier alpha value is -3.72. The minimum absolute atomic E-state index is 0.0456. The van der Waals surface area contributed by atoms with E-state index in [1.165, 1.54) is 24.3 Å². The number of anilines is 1. The second-order valence-electron chi connectivity index (χ2n) is 10.4. The van der Waals surface area contributed by atoms with Gasteiger partial charge in [-0.1, -0.05) is 31.2 Å². The quantitative estimate of drug-likeness (QED) is 0.246. The van der Waals surface area contributed by atoms with E-state index < -0.39 is 47.7 Å².